The highest BCUT2D eigenvalue weighted by atomic mass is 79.9. The molecule has 1 unspecified atom stereocenters. The van der Waals surface area contributed by atoms with Gasteiger partial charge in [-0.05, 0) is 31.5 Å². The second kappa shape index (κ2) is 7.71. The lowest BCUT2D eigenvalue weighted by molar-refractivity contribution is -0.122. The minimum absolute atomic E-state index is 0. The summed E-state index contributed by atoms with van der Waals surface area (Å²) >= 11 is 3.39. The summed E-state index contributed by atoms with van der Waals surface area (Å²) in [5.41, 5.74) is 0.935. The maximum atomic E-state index is 11.9. The third-order valence-corrected chi connectivity index (χ3v) is 3.97. The van der Waals surface area contributed by atoms with Crippen molar-refractivity contribution in [2.75, 3.05) is 6.54 Å². The van der Waals surface area contributed by atoms with Crippen molar-refractivity contribution in [1.29, 1.82) is 0 Å². The molecule has 1 aromatic carbocycles. The summed E-state index contributed by atoms with van der Waals surface area (Å²) in [7, 11) is 0. The summed E-state index contributed by atoms with van der Waals surface area (Å²) in [6.07, 6.45) is 1.94. The van der Waals surface area contributed by atoms with Crippen LogP contribution < -0.4 is 10.6 Å². The van der Waals surface area contributed by atoms with Crippen LogP contribution in [0.15, 0.2) is 28.7 Å². The molecule has 1 saturated heterocycles. The number of carbonyl (C=O) groups excluding carboxylic acids is 1. The Kier molecular flexibility index (Phi) is 5.93. The molecule has 1 amide bonds. The van der Waals surface area contributed by atoms with Crippen molar-refractivity contribution in [1.82, 2.24) is 25.8 Å². The average molecular weight is 387 g/mol. The zero-order valence-corrected chi connectivity index (χ0v) is 14.2. The molecule has 118 valence electrons. The highest BCUT2D eigenvalue weighted by molar-refractivity contribution is 9.10. The number of carbonyl (C=O) groups is 1. The molecule has 1 aromatic heterocycles. The SMILES string of the molecule is Cl.O=C(NCc1nc(-c2ccc(Br)cc2)n[nH]1)C1CCCN1. The molecule has 0 aliphatic carbocycles. The topological polar surface area (TPSA) is 82.7 Å². The molecule has 1 atom stereocenters. The number of aromatic amines is 1. The molecule has 8 heteroatoms. The van der Waals surface area contributed by atoms with Crippen LogP contribution in [0.3, 0.4) is 0 Å². The van der Waals surface area contributed by atoms with Crippen molar-refractivity contribution < 1.29 is 4.79 Å². The van der Waals surface area contributed by atoms with Gasteiger partial charge in [0.15, 0.2) is 5.82 Å². The minimum Gasteiger partial charge on any atom is -0.347 e. The number of H-pyrrole nitrogens is 1. The van der Waals surface area contributed by atoms with Crippen LogP contribution in [-0.4, -0.2) is 33.7 Å². The lowest BCUT2D eigenvalue weighted by Gasteiger charge is -2.09. The van der Waals surface area contributed by atoms with Gasteiger partial charge in [-0.2, -0.15) is 5.10 Å². The van der Waals surface area contributed by atoms with E-state index in [1.54, 1.807) is 0 Å². The van der Waals surface area contributed by atoms with Gasteiger partial charge in [-0.25, -0.2) is 4.98 Å². The zero-order valence-electron chi connectivity index (χ0n) is 11.8. The molecule has 0 saturated carbocycles. The summed E-state index contributed by atoms with van der Waals surface area (Å²) in [6, 6.07) is 7.70. The molecule has 3 N–H and O–H groups in total. The number of halogens is 2. The minimum atomic E-state index is -0.0705. The van der Waals surface area contributed by atoms with E-state index >= 15 is 0 Å². The first-order valence-electron chi connectivity index (χ1n) is 6.91. The summed E-state index contributed by atoms with van der Waals surface area (Å²) in [5.74, 6) is 1.30. The van der Waals surface area contributed by atoms with E-state index in [1.165, 1.54) is 0 Å². The lowest BCUT2D eigenvalue weighted by Crippen LogP contribution is -2.40. The fourth-order valence-corrected chi connectivity index (χ4v) is 2.57. The van der Waals surface area contributed by atoms with Crippen molar-refractivity contribution in [2.24, 2.45) is 0 Å². The van der Waals surface area contributed by atoms with Gasteiger partial charge in [0.25, 0.3) is 0 Å². The number of amides is 1. The predicted octanol–water partition coefficient (Wildman–Crippen LogP) is 2.02. The third kappa shape index (κ3) is 4.06. The van der Waals surface area contributed by atoms with E-state index in [-0.39, 0.29) is 24.4 Å². The molecule has 0 bridgehead atoms. The number of aromatic nitrogens is 3. The Bertz CT molecular complexity index is 624. The van der Waals surface area contributed by atoms with Crippen LogP contribution in [-0.2, 0) is 11.3 Å². The van der Waals surface area contributed by atoms with Crippen LogP contribution in [0.4, 0.5) is 0 Å². The standard InChI is InChI=1S/C14H16BrN5O.ClH/c15-10-5-3-9(4-6-10)13-18-12(19-20-13)8-17-14(21)11-2-1-7-16-11;/h3-6,11,16H,1-2,7-8H2,(H,17,21)(H,18,19,20);1H. The number of nitrogens with one attached hydrogen (secondary N) is 3. The van der Waals surface area contributed by atoms with E-state index in [2.05, 4.69) is 41.7 Å². The Hall–Kier alpha value is -1.44. The van der Waals surface area contributed by atoms with Crippen LogP contribution in [0.25, 0.3) is 11.4 Å². The molecule has 0 spiro atoms. The molecule has 1 aliphatic heterocycles. The third-order valence-electron chi connectivity index (χ3n) is 3.44. The maximum absolute atomic E-state index is 11.9. The van der Waals surface area contributed by atoms with Gasteiger partial charge in [0.2, 0.25) is 5.91 Å². The van der Waals surface area contributed by atoms with E-state index in [1.807, 2.05) is 24.3 Å². The van der Waals surface area contributed by atoms with E-state index in [0.29, 0.717) is 18.2 Å². The van der Waals surface area contributed by atoms with E-state index < -0.39 is 0 Å². The van der Waals surface area contributed by atoms with Crippen molar-refractivity contribution in [2.45, 2.75) is 25.4 Å². The molecule has 2 heterocycles. The van der Waals surface area contributed by atoms with Gasteiger partial charge in [0, 0.05) is 10.0 Å². The first-order valence-corrected chi connectivity index (χ1v) is 7.70. The fraction of sp³-hybridized carbons (Fsp3) is 0.357. The molecule has 3 rings (SSSR count). The second-order valence-electron chi connectivity index (χ2n) is 4.98. The molecular weight excluding hydrogens is 370 g/mol. The first kappa shape index (κ1) is 16.9. The number of hydrogen-bond donors (Lipinski definition) is 3. The average Bonchev–Trinajstić information content (AvgIpc) is 3.17. The van der Waals surface area contributed by atoms with Crippen molar-refractivity contribution in [3.8, 4) is 11.4 Å². The molecule has 1 fully saturated rings. The Morgan fingerprint density at radius 2 is 2.14 bits per heavy atom. The molecule has 0 radical (unpaired) electrons. The highest BCUT2D eigenvalue weighted by Crippen LogP contribution is 2.18. The van der Waals surface area contributed by atoms with E-state index in [4.69, 9.17) is 0 Å². The lowest BCUT2D eigenvalue weighted by atomic mass is 10.2. The normalized spacial score (nSPS) is 17.0. The van der Waals surface area contributed by atoms with Crippen molar-refractivity contribution >= 4 is 34.2 Å². The van der Waals surface area contributed by atoms with E-state index in [9.17, 15) is 4.79 Å². The van der Waals surface area contributed by atoms with Crippen molar-refractivity contribution in [3.63, 3.8) is 0 Å². The van der Waals surface area contributed by atoms with Gasteiger partial charge in [-0.15, -0.1) is 12.4 Å². The first-order chi connectivity index (χ1) is 10.2. The number of benzene rings is 1. The monoisotopic (exact) mass is 385 g/mol. The molecular formula is C14H17BrClN5O. The second-order valence-corrected chi connectivity index (χ2v) is 5.90. The summed E-state index contributed by atoms with van der Waals surface area (Å²) in [5, 5.41) is 13.1. The maximum Gasteiger partial charge on any atom is 0.237 e. The summed E-state index contributed by atoms with van der Waals surface area (Å²) < 4.78 is 1.01. The van der Waals surface area contributed by atoms with Crippen LogP contribution >= 0.6 is 28.3 Å². The molecule has 22 heavy (non-hydrogen) atoms. The van der Waals surface area contributed by atoms with Crippen LogP contribution in [0, 0.1) is 0 Å². The van der Waals surface area contributed by atoms with Gasteiger partial charge in [0.05, 0.1) is 12.6 Å². The van der Waals surface area contributed by atoms with Crippen LogP contribution in [0.1, 0.15) is 18.7 Å². The van der Waals surface area contributed by atoms with E-state index in [0.717, 1.165) is 29.4 Å². The Morgan fingerprint density at radius 1 is 1.36 bits per heavy atom. The van der Waals surface area contributed by atoms with Gasteiger partial charge in [-0.1, -0.05) is 28.1 Å². The quantitative estimate of drug-likeness (QED) is 0.751. The van der Waals surface area contributed by atoms with Crippen LogP contribution in [0.5, 0.6) is 0 Å². The fourth-order valence-electron chi connectivity index (χ4n) is 2.30. The van der Waals surface area contributed by atoms with Gasteiger partial charge < -0.3 is 10.6 Å². The Labute approximate surface area is 143 Å². The van der Waals surface area contributed by atoms with Gasteiger partial charge in [-0.3, -0.25) is 9.89 Å². The van der Waals surface area contributed by atoms with Crippen LogP contribution in [0.2, 0.25) is 0 Å². The Morgan fingerprint density at radius 3 is 2.82 bits per heavy atom. The molecule has 1 aliphatic rings. The largest absolute Gasteiger partial charge is 0.347 e. The predicted molar refractivity (Wildman–Crippen MR) is 89.6 cm³/mol. The van der Waals surface area contributed by atoms with Gasteiger partial charge in [0.1, 0.15) is 5.82 Å². The Balaban J connectivity index is 0.00000176. The smallest absolute Gasteiger partial charge is 0.237 e. The van der Waals surface area contributed by atoms with Crippen molar-refractivity contribution in [3.05, 3.63) is 34.6 Å². The van der Waals surface area contributed by atoms with Gasteiger partial charge >= 0.3 is 0 Å². The number of nitrogens with zero attached hydrogens (tertiary/aromatic N) is 2. The molecule has 6 nitrogen and oxygen atoms in total. The summed E-state index contributed by atoms with van der Waals surface area (Å²) in [4.78, 5) is 16.3. The highest BCUT2D eigenvalue weighted by Gasteiger charge is 2.21. The molecule has 2 aromatic rings. The zero-order chi connectivity index (χ0) is 14.7. The number of hydrogen-bond acceptors (Lipinski definition) is 4. The number of rotatable bonds is 4. The summed E-state index contributed by atoms with van der Waals surface area (Å²) in [6.45, 7) is 1.27.